The standard InChI is InChI=1S/C31H27N7O2S/c1-40-25-12-8-21(9-13-25)18-38-36-30(35-37-38)23-11-14-26(27(32)17-23)31(39)33-24-7-2-4-20(16-24)10-15-29-34-28(19-41-29)22-5-3-6-22/h2,4,7-9,11-14,16-17,19,22H,3,5-6,18,32H2,1H3,(H,33,39). The van der Waals surface area contributed by atoms with Crippen LogP contribution in [0.15, 0.2) is 72.1 Å². The zero-order valence-electron chi connectivity index (χ0n) is 22.4. The number of tetrazole rings is 1. The van der Waals surface area contributed by atoms with Crippen molar-refractivity contribution in [2.24, 2.45) is 0 Å². The van der Waals surface area contributed by atoms with Gasteiger partial charge in [0.2, 0.25) is 5.82 Å². The predicted octanol–water partition coefficient (Wildman–Crippen LogP) is 5.36. The molecular formula is C31H27N7O2S. The minimum absolute atomic E-state index is 0.313. The van der Waals surface area contributed by atoms with Crippen LogP contribution in [0.4, 0.5) is 11.4 Å². The molecule has 1 aliphatic carbocycles. The van der Waals surface area contributed by atoms with Crippen molar-refractivity contribution in [2.75, 3.05) is 18.2 Å². The third-order valence-electron chi connectivity index (χ3n) is 6.97. The van der Waals surface area contributed by atoms with Gasteiger partial charge in [0.15, 0.2) is 5.01 Å². The Balaban J connectivity index is 1.10. The van der Waals surface area contributed by atoms with Crippen molar-refractivity contribution in [3.05, 3.63) is 99.5 Å². The molecule has 0 bridgehead atoms. The second kappa shape index (κ2) is 11.6. The highest BCUT2D eigenvalue weighted by molar-refractivity contribution is 7.10. The predicted molar refractivity (Wildman–Crippen MR) is 159 cm³/mol. The molecule has 0 radical (unpaired) electrons. The molecule has 41 heavy (non-hydrogen) atoms. The van der Waals surface area contributed by atoms with Crippen LogP contribution >= 0.6 is 11.3 Å². The van der Waals surface area contributed by atoms with E-state index in [0.717, 1.165) is 27.6 Å². The number of amides is 1. The van der Waals surface area contributed by atoms with E-state index in [2.05, 4.69) is 42.9 Å². The highest BCUT2D eigenvalue weighted by Crippen LogP contribution is 2.36. The average molecular weight is 562 g/mol. The van der Waals surface area contributed by atoms with E-state index >= 15 is 0 Å². The van der Waals surface area contributed by atoms with Crippen molar-refractivity contribution in [2.45, 2.75) is 31.7 Å². The van der Waals surface area contributed by atoms with Crippen LogP contribution in [-0.4, -0.2) is 38.2 Å². The zero-order valence-corrected chi connectivity index (χ0v) is 23.2. The summed E-state index contributed by atoms with van der Waals surface area (Å²) < 4.78 is 5.20. The maximum atomic E-state index is 13.0. The maximum absolute atomic E-state index is 13.0. The summed E-state index contributed by atoms with van der Waals surface area (Å²) in [6.07, 6.45) is 3.72. The Bertz CT molecular complexity index is 1760. The fourth-order valence-corrected chi connectivity index (χ4v) is 5.21. The first-order valence-electron chi connectivity index (χ1n) is 13.2. The molecule has 6 rings (SSSR count). The summed E-state index contributed by atoms with van der Waals surface area (Å²) in [6.45, 7) is 0.460. The molecule has 0 atom stereocenters. The zero-order chi connectivity index (χ0) is 28.2. The normalized spacial score (nSPS) is 12.7. The molecule has 1 fully saturated rings. The number of carbonyl (C=O) groups is 1. The monoisotopic (exact) mass is 561 g/mol. The lowest BCUT2D eigenvalue weighted by molar-refractivity contribution is 0.102. The number of carbonyl (C=O) groups excluding carboxylic acids is 1. The average Bonchev–Trinajstić information content (AvgIpc) is 3.61. The van der Waals surface area contributed by atoms with Crippen LogP contribution in [0, 0.1) is 11.8 Å². The lowest BCUT2D eigenvalue weighted by Crippen LogP contribution is -2.14. The van der Waals surface area contributed by atoms with Crippen LogP contribution in [0.2, 0.25) is 0 Å². The van der Waals surface area contributed by atoms with Crippen LogP contribution in [-0.2, 0) is 6.54 Å². The van der Waals surface area contributed by atoms with E-state index in [1.807, 2.05) is 48.5 Å². The molecular weight excluding hydrogens is 534 g/mol. The van der Waals surface area contributed by atoms with Gasteiger partial charge in [0.05, 0.1) is 24.9 Å². The third kappa shape index (κ3) is 6.10. The van der Waals surface area contributed by atoms with E-state index in [4.69, 9.17) is 10.5 Å². The minimum Gasteiger partial charge on any atom is -0.497 e. The molecule has 2 heterocycles. The second-order valence-corrected chi connectivity index (χ2v) is 10.6. The Hall–Kier alpha value is -5.01. The lowest BCUT2D eigenvalue weighted by atomic mass is 9.83. The highest BCUT2D eigenvalue weighted by Gasteiger charge is 2.21. The van der Waals surface area contributed by atoms with Crippen molar-refractivity contribution < 1.29 is 9.53 Å². The molecule has 0 saturated heterocycles. The number of hydrogen-bond donors (Lipinski definition) is 2. The number of thiazole rings is 1. The van der Waals surface area contributed by atoms with E-state index in [1.165, 1.54) is 24.1 Å². The molecule has 0 spiro atoms. The van der Waals surface area contributed by atoms with Gasteiger partial charge in [-0.2, -0.15) is 4.80 Å². The first-order valence-corrected chi connectivity index (χ1v) is 14.1. The number of rotatable bonds is 7. The number of aromatic nitrogens is 5. The van der Waals surface area contributed by atoms with Crippen molar-refractivity contribution >= 4 is 28.6 Å². The summed E-state index contributed by atoms with van der Waals surface area (Å²) in [5.41, 5.74) is 11.2. The molecule has 3 aromatic carbocycles. The summed E-state index contributed by atoms with van der Waals surface area (Å²) in [7, 11) is 1.63. The van der Waals surface area contributed by atoms with E-state index < -0.39 is 0 Å². The van der Waals surface area contributed by atoms with E-state index in [-0.39, 0.29) is 5.91 Å². The van der Waals surface area contributed by atoms with Crippen LogP contribution < -0.4 is 15.8 Å². The minimum atomic E-state index is -0.319. The first kappa shape index (κ1) is 26.2. The van der Waals surface area contributed by atoms with Gasteiger partial charge in [-0.1, -0.05) is 36.6 Å². The van der Waals surface area contributed by atoms with Crippen molar-refractivity contribution in [3.8, 4) is 29.0 Å². The Morgan fingerprint density at radius 1 is 1.12 bits per heavy atom. The molecule has 2 aromatic heterocycles. The van der Waals surface area contributed by atoms with Gasteiger partial charge in [0.1, 0.15) is 5.75 Å². The summed E-state index contributed by atoms with van der Waals surface area (Å²) in [5, 5.41) is 18.6. The fourth-order valence-electron chi connectivity index (χ4n) is 4.46. The smallest absolute Gasteiger partial charge is 0.257 e. The quantitative estimate of drug-likeness (QED) is 0.203. The van der Waals surface area contributed by atoms with Crippen molar-refractivity contribution in [1.29, 1.82) is 0 Å². The second-order valence-electron chi connectivity index (χ2n) is 9.78. The molecule has 1 aliphatic rings. The van der Waals surface area contributed by atoms with Crippen molar-refractivity contribution in [1.82, 2.24) is 25.2 Å². The van der Waals surface area contributed by atoms with Gasteiger partial charge in [-0.25, -0.2) is 4.98 Å². The number of benzene rings is 3. The molecule has 9 nitrogen and oxygen atoms in total. The maximum Gasteiger partial charge on any atom is 0.257 e. The van der Waals surface area contributed by atoms with Gasteiger partial charge in [-0.15, -0.1) is 21.5 Å². The molecule has 1 amide bonds. The Morgan fingerprint density at radius 3 is 2.73 bits per heavy atom. The van der Waals surface area contributed by atoms with Gasteiger partial charge in [0, 0.05) is 33.8 Å². The van der Waals surface area contributed by atoms with Crippen LogP contribution in [0.5, 0.6) is 5.75 Å². The molecule has 5 aromatic rings. The first-order chi connectivity index (χ1) is 20.0. The van der Waals surface area contributed by atoms with Gasteiger partial charge >= 0.3 is 0 Å². The molecule has 0 aliphatic heterocycles. The number of methoxy groups -OCH3 is 1. The number of anilines is 2. The van der Waals surface area contributed by atoms with Crippen LogP contribution in [0.25, 0.3) is 11.4 Å². The summed E-state index contributed by atoms with van der Waals surface area (Å²) in [5.74, 6) is 7.78. The van der Waals surface area contributed by atoms with Crippen LogP contribution in [0.3, 0.4) is 0 Å². The van der Waals surface area contributed by atoms with Crippen molar-refractivity contribution in [3.63, 3.8) is 0 Å². The molecule has 1 saturated carbocycles. The molecule has 0 unspecified atom stereocenters. The number of nitrogens with one attached hydrogen (secondary N) is 1. The number of ether oxygens (including phenoxy) is 1. The number of nitrogen functional groups attached to an aromatic ring is 1. The summed E-state index contributed by atoms with van der Waals surface area (Å²) >= 11 is 1.58. The van der Waals surface area contributed by atoms with Gasteiger partial charge in [-0.3, -0.25) is 4.79 Å². The number of nitrogens with two attached hydrogens (primary N) is 1. The van der Waals surface area contributed by atoms with Crippen LogP contribution in [0.1, 0.15) is 57.4 Å². The number of nitrogens with zero attached hydrogens (tertiary/aromatic N) is 5. The highest BCUT2D eigenvalue weighted by atomic mass is 32.1. The largest absolute Gasteiger partial charge is 0.497 e. The third-order valence-corrected chi connectivity index (χ3v) is 7.75. The van der Waals surface area contributed by atoms with E-state index in [0.29, 0.717) is 40.8 Å². The summed E-state index contributed by atoms with van der Waals surface area (Å²) in [4.78, 5) is 19.2. The van der Waals surface area contributed by atoms with E-state index in [1.54, 1.807) is 36.6 Å². The topological polar surface area (TPSA) is 121 Å². The summed E-state index contributed by atoms with van der Waals surface area (Å²) in [6, 6.07) is 20.2. The van der Waals surface area contributed by atoms with Gasteiger partial charge in [0.25, 0.3) is 5.91 Å². The Labute approximate surface area is 241 Å². The SMILES string of the molecule is COc1ccc(Cn2nnc(-c3ccc(C(=O)Nc4cccc(C#Cc5nc(C6CCC6)cs5)c4)c(N)c3)n2)cc1. The Morgan fingerprint density at radius 2 is 1.98 bits per heavy atom. The molecule has 3 N–H and O–H groups in total. The molecule has 10 heteroatoms. The fraction of sp³-hybridized carbons (Fsp3) is 0.194. The van der Waals surface area contributed by atoms with Gasteiger partial charge < -0.3 is 15.8 Å². The van der Waals surface area contributed by atoms with Gasteiger partial charge in [-0.05, 0) is 72.0 Å². The van der Waals surface area contributed by atoms with E-state index in [9.17, 15) is 4.79 Å². The lowest BCUT2D eigenvalue weighted by Gasteiger charge is -2.22. The Kier molecular flexibility index (Phi) is 7.43. The molecule has 204 valence electrons. The number of hydrogen-bond acceptors (Lipinski definition) is 8.